The monoisotopic (exact) mass is 664 g/mol. The fourth-order valence-electron chi connectivity index (χ4n) is 13.7. The molecule has 17 atom stereocenters. The summed E-state index contributed by atoms with van der Waals surface area (Å²) in [6.07, 6.45) is 0.712. The van der Waals surface area contributed by atoms with E-state index in [1.165, 1.54) is 13.3 Å². The molecule has 2 spiro atoms. The minimum absolute atomic E-state index is 0.0683. The van der Waals surface area contributed by atoms with Gasteiger partial charge in [0.1, 0.15) is 18.3 Å². The van der Waals surface area contributed by atoms with Gasteiger partial charge in [-0.05, 0) is 111 Å². The van der Waals surface area contributed by atoms with Crippen LogP contribution in [0.5, 0.6) is 0 Å². The smallest absolute Gasteiger partial charge is 0.303 e. The van der Waals surface area contributed by atoms with E-state index in [4.69, 9.17) is 18.9 Å². The molecule has 9 unspecified atom stereocenters. The SMILES string of the molecule is CC(=O)OC(C1C[C@@H](C)[C@H]2C(O1)[C@H](O)[C@@]1(C)C3CCC4C(C)(C)C(O[C@@H]5OC[C@@H](O)C(O)[C@H]5O)CCC45C[C@@]35CCC21C)C(C)(C)O. The van der Waals surface area contributed by atoms with E-state index < -0.39 is 60.6 Å². The molecule has 10 nitrogen and oxygen atoms in total. The lowest BCUT2D eigenvalue weighted by Crippen LogP contribution is -2.61. The quantitative estimate of drug-likeness (QED) is 0.218. The summed E-state index contributed by atoms with van der Waals surface area (Å²) < 4.78 is 24.6. The van der Waals surface area contributed by atoms with Gasteiger partial charge in [-0.1, -0.05) is 34.6 Å². The van der Waals surface area contributed by atoms with E-state index in [0.717, 1.165) is 38.5 Å². The highest BCUT2D eigenvalue weighted by molar-refractivity contribution is 5.66. The molecule has 2 saturated heterocycles. The summed E-state index contributed by atoms with van der Waals surface area (Å²) in [6, 6.07) is 0. The second-order valence-corrected chi connectivity index (χ2v) is 18.6. The summed E-state index contributed by atoms with van der Waals surface area (Å²) in [5, 5.41) is 54.3. The molecule has 7 aliphatic rings. The molecule has 5 saturated carbocycles. The molecule has 0 aromatic heterocycles. The van der Waals surface area contributed by atoms with Crippen LogP contribution in [0.2, 0.25) is 0 Å². The lowest BCUT2D eigenvalue weighted by atomic mass is 9.41. The molecule has 0 aromatic carbocycles. The van der Waals surface area contributed by atoms with Crippen molar-refractivity contribution in [2.75, 3.05) is 6.61 Å². The Morgan fingerprint density at radius 3 is 2.26 bits per heavy atom. The van der Waals surface area contributed by atoms with Crippen molar-refractivity contribution in [1.29, 1.82) is 0 Å². The van der Waals surface area contributed by atoms with Crippen LogP contribution in [0.3, 0.4) is 0 Å². The molecule has 2 aliphatic heterocycles. The fourth-order valence-corrected chi connectivity index (χ4v) is 13.7. The van der Waals surface area contributed by atoms with Crippen molar-refractivity contribution in [3.8, 4) is 0 Å². The van der Waals surface area contributed by atoms with E-state index in [1.807, 2.05) is 0 Å². The number of hydrogen-bond donors (Lipinski definition) is 5. The normalized spacial score (nSPS) is 55.4. The molecule has 0 radical (unpaired) electrons. The minimum atomic E-state index is -1.30. The van der Waals surface area contributed by atoms with Crippen LogP contribution in [0, 0.1) is 50.7 Å². The lowest BCUT2D eigenvalue weighted by molar-refractivity contribution is -0.303. The third-order valence-electron chi connectivity index (χ3n) is 15.8. The highest BCUT2D eigenvalue weighted by Crippen LogP contribution is 2.89. The van der Waals surface area contributed by atoms with Gasteiger partial charge in [-0.2, -0.15) is 0 Å². The van der Waals surface area contributed by atoms with Crippen molar-refractivity contribution in [1.82, 2.24) is 0 Å². The Bertz CT molecular complexity index is 1250. The molecular formula is C37H60O10. The number of rotatable bonds is 5. The van der Waals surface area contributed by atoms with Crippen LogP contribution in [0.4, 0.5) is 0 Å². The summed E-state index contributed by atoms with van der Waals surface area (Å²) in [7, 11) is 0. The van der Waals surface area contributed by atoms with E-state index in [1.54, 1.807) is 13.8 Å². The molecule has 7 fully saturated rings. The summed E-state index contributed by atoms with van der Waals surface area (Å²) in [5.74, 6) is 0.717. The van der Waals surface area contributed by atoms with Crippen molar-refractivity contribution in [3.05, 3.63) is 0 Å². The topological polar surface area (TPSA) is 155 Å². The molecule has 47 heavy (non-hydrogen) atoms. The number of esters is 1. The standard InChI is InChI=1S/C37H60O10/c1-18-15-21(30(33(5,6)43)45-19(2)38)46-28-25(18)34(7)13-14-37-17-36(37)12-11-24(47-31-27(41)26(40)20(39)16-44-31)32(3,4)22(36)9-10-23(37)35(34,8)29(28)42/h18,20-31,39-43H,9-17H2,1-8H3/t18-,20-,21?,22?,23?,24?,25+,26?,27-,28?,29+,30?,31+,34?,35-,36?,37+/m1/s1. The third-order valence-corrected chi connectivity index (χ3v) is 15.8. The van der Waals surface area contributed by atoms with Gasteiger partial charge in [0.25, 0.3) is 0 Å². The van der Waals surface area contributed by atoms with E-state index >= 15 is 0 Å². The van der Waals surface area contributed by atoms with Crippen molar-refractivity contribution >= 4 is 5.97 Å². The number of carbonyl (C=O) groups excluding carboxylic acids is 1. The van der Waals surface area contributed by atoms with Crippen LogP contribution in [-0.4, -0.2) is 98.8 Å². The first-order valence-corrected chi connectivity index (χ1v) is 18.3. The van der Waals surface area contributed by atoms with Crippen LogP contribution in [0.25, 0.3) is 0 Å². The van der Waals surface area contributed by atoms with Gasteiger partial charge in [-0.15, -0.1) is 0 Å². The molecule has 268 valence electrons. The molecule has 0 amide bonds. The molecule has 0 aromatic rings. The molecule has 2 heterocycles. The van der Waals surface area contributed by atoms with Crippen LogP contribution >= 0.6 is 0 Å². The maximum absolute atomic E-state index is 12.5. The average molecular weight is 665 g/mol. The van der Waals surface area contributed by atoms with Crippen molar-refractivity contribution in [2.45, 2.75) is 167 Å². The Morgan fingerprint density at radius 2 is 1.60 bits per heavy atom. The van der Waals surface area contributed by atoms with Crippen molar-refractivity contribution in [2.24, 2.45) is 50.7 Å². The van der Waals surface area contributed by atoms with Gasteiger partial charge >= 0.3 is 5.97 Å². The van der Waals surface area contributed by atoms with Crippen LogP contribution in [0.1, 0.15) is 107 Å². The minimum Gasteiger partial charge on any atom is -0.457 e. The van der Waals surface area contributed by atoms with Crippen LogP contribution in [0.15, 0.2) is 0 Å². The molecule has 0 bridgehead atoms. The third kappa shape index (κ3) is 4.54. The van der Waals surface area contributed by atoms with Gasteiger partial charge in [-0.3, -0.25) is 4.79 Å². The Labute approximate surface area is 279 Å². The predicted octanol–water partition coefficient (Wildman–Crippen LogP) is 3.33. The first-order chi connectivity index (χ1) is 21.8. The molecule has 7 rings (SSSR count). The molecular weight excluding hydrogens is 604 g/mol. The first-order valence-electron chi connectivity index (χ1n) is 18.3. The van der Waals surface area contributed by atoms with Gasteiger partial charge in [-0.25, -0.2) is 0 Å². The lowest BCUT2D eigenvalue weighted by Gasteiger charge is -2.64. The van der Waals surface area contributed by atoms with Gasteiger partial charge in [0.05, 0.1) is 36.6 Å². The van der Waals surface area contributed by atoms with E-state index in [9.17, 15) is 30.3 Å². The number of aliphatic hydroxyl groups is 5. The van der Waals surface area contributed by atoms with E-state index in [-0.39, 0.29) is 51.6 Å². The first kappa shape index (κ1) is 34.6. The fraction of sp³-hybridized carbons (Fsp3) is 0.973. The molecule has 5 N–H and O–H groups in total. The highest BCUT2D eigenvalue weighted by atomic mass is 16.7. The van der Waals surface area contributed by atoms with E-state index in [2.05, 4.69) is 34.6 Å². The second-order valence-electron chi connectivity index (χ2n) is 18.6. The zero-order valence-electron chi connectivity index (χ0n) is 29.6. The van der Waals surface area contributed by atoms with E-state index in [0.29, 0.717) is 18.3 Å². The Hall–Kier alpha value is -0.850. The number of carbonyl (C=O) groups is 1. The number of fused-ring (bicyclic) bond motifs is 4. The Morgan fingerprint density at radius 1 is 0.936 bits per heavy atom. The van der Waals surface area contributed by atoms with Crippen molar-refractivity contribution in [3.63, 3.8) is 0 Å². The molecule has 5 aliphatic carbocycles. The van der Waals surface area contributed by atoms with Crippen molar-refractivity contribution < 1.29 is 49.3 Å². The summed E-state index contributed by atoms with van der Waals surface area (Å²) >= 11 is 0. The van der Waals surface area contributed by atoms with Crippen LogP contribution < -0.4 is 0 Å². The maximum Gasteiger partial charge on any atom is 0.303 e. The predicted molar refractivity (Wildman–Crippen MR) is 171 cm³/mol. The Balaban J connectivity index is 1.14. The highest BCUT2D eigenvalue weighted by Gasteiger charge is 2.84. The average Bonchev–Trinajstić information content (AvgIpc) is 3.61. The summed E-state index contributed by atoms with van der Waals surface area (Å²) in [6.45, 7) is 16.2. The Kier molecular flexibility index (Phi) is 7.97. The number of aliphatic hydroxyl groups excluding tert-OH is 4. The van der Waals surface area contributed by atoms with Gasteiger partial charge in [0.15, 0.2) is 12.4 Å². The maximum atomic E-state index is 12.5. The second kappa shape index (κ2) is 10.8. The zero-order chi connectivity index (χ0) is 34.3. The number of ether oxygens (including phenoxy) is 4. The van der Waals surface area contributed by atoms with Gasteiger partial charge in [0.2, 0.25) is 0 Å². The summed E-state index contributed by atoms with van der Waals surface area (Å²) in [5.41, 5.74) is -1.61. The molecule has 10 heteroatoms. The van der Waals surface area contributed by atoms with Gasteiger partial charge in [0, 0.05) is 12.3 Å². The van der Waals surface area contributed by atoms with Crippen LogP contribution in [-0.2, 0) is 23.7 Å². The van der Waals surface area contributed by atoms with Gasteiger partial charge < -0.3 is 44.5 Å². The summed E-state index contributed by atoms with van der Waals surface area (Å²) in [4.78, 5) is 12.1. The zero-order valence-corrected chi connectivity index (χ0v) is 29.6. The largest absolute Gasteiger partial charge is 0.457 e. The number of hydrogen-bond acceptors (Lipinski definition) is 10.